The summed E-state index contributed by atoms with van der Waals surface area (Å²) < 4.78 is 6.84. The fraction of sp³-hybridized carbons (Fsp3) is 0.588. The second kappa shape index (κ2) is 8.01. The van der Waals surface area contributed by atoms with Gasteiger partial charge in [0.1, 0.15) is 17.5 Å². The van der Waals surface area contributed by atoms with E-state index in [1.807, 2.05) is 0 Å². The SMILES string of the molecule is Cc1oc2ncn(C)c(=O)c2c1C(=O)NC(CN)C1CCCCC1.Cl. The molecular formula is C17H25ClN4O3. The van der Waals surface area contributed by atoms with Gasteiger partial charge in [0, 0.05) is 19.6 Å². The molecule has 3 N–H and O–H groups in total. The van der Waals surface area contributed by atoms with Crippen molar-refractivity contribution >= 4 is 29.4 Å². The van der Waals surface area contributed by atoms with Crippen molar-refractivity contribution in [3.8, 4) is 0 Å². The number of nitrogens with two attached hydrogens (primary N) is 1. The van der Waals surface area contributed by atoms with Crippen molar-refractivity contribution in [1.82, 2.24) is 14.9 Å². The number of amides is 1. The van der Waals surface area contributed by atoms with Crippen LogP contribution in [-0.4, -0.2) is 28.0 Å². The lowest BCUT2D eigenvalue weighted by molar-refractivity contribution is 0.0915. The molecule has 25 heavy (non-hydrogen) atoms. The van der Waals surface area contributed by atoms with Crippen LogP contribution in [0.3, 0.4) is 0 Å². The van der Waals surface area contributed by atoms with Gasteiger partial charge in [0.2, 0.25) is 5.71 Å². The van der Waals surface area contributed by atoms with Gasteiger partial charge in [-0.05, 0) is 25.7 Å². The summed E-state index contributed by atoms with van der Waals surface area (Å²) in [4.78, 5) is 29.3. The molecule has 7 nitrogen and oxygen atoms in total. The second-order valence-electron chi connectivity index (χ2n) is 6.59. The smallest absolute Gasteiger partial charge is 0.265 e. The molecule has 1 unspecified atom stereocenters. The Bertz CT molecular complexity index is 808. The molecule has 0 saturated heterocycles. The van der Waals surface area contributed by atoms with Gasteiger partial charge in [0.25, 0.3) is 11.5 Å². The summed E-state index contributed by atoms with van der Waals surface area (Å²) in [6.07, 6.45) is 7.15. The summed E-state index contributed by atoms with van der Waals surface area (Å²) in [6.45, 7) is 2.07. The van der Waals surface area contributed by atoms with E-state index in [4.69, 9.17) is 10.2 Å². The van der Waals surface area contributed by atoms with E-state index in [1.54, 1.807) is 14.0 Å². The first-order valence-electron chi connectivity index (χ1n) is 8.48. The number of fused-ring (bicyclic) bond motifs is 1. The summed E-state index contributed by atoms with van der Waals surface area (Å²) in [5, 5.41) is 3.25. The molecule has 1 aliphatic carbocycles. The number of nitrogens with zero attached hydrogens (tertiary/aromatic N) is 2. The molecule has 0 aromatic carbocycles. The van der Waals surface area contributed by atoms with Gasteiger partial charge in [-0.15, -0.1) is 12.4 Å². The number of nitrogens with one attached hydrogen (secondary N) is 1. The lowest BCUT2D eigenvalue weighted by Gasteiger charge is -2.30. The normalized spacial score (nSPS) is 16.4. The second-order valence-corrected chi connectivity index (χ2v) is 6.59. The van der Waals surface area contributed by atoms with Gasteiger partial charge in [-0.1, -0.05) is 19.3 Å². The number of rotatable bonds is 4. The lowest BCUT2D eigenvalue weighted by atomic mass is 9.84. The highest BCUT2D eigenvalue weighted by Crippen LogP contribution is 2.27. The van der Waals surface area contributed by atoms with Crippen LogP contribution < -0.4 is 16.6 Å². The minimum atomic E-state index is -0.308. The largest absolute Gasteiger partial charge is 0.442 e. The zero-order chi connectivity index (χ0) is 17.3. The number of halogens is 1. The van der Waals surface area contributed by atoms with Crippen molar-refractivity contribution in [3.05, 3.63) is 28.0 Å². The third-order valence-electron chi connectivity index (χ3n) is 4.96. The summed E-state index contributed by atoms with van der Waals surface area (Å²) in [5.41, 5.74) is 6.07. The highest BCUT2D eigenvalue weighted by atomic mass is 35.5. The Kier molecular flexibility index (Phi) is 6.24. The van der Waals surface area contributed by atoms with E-state index in [9.17, 15) is 9.59 Å². The highest BCUT2D eigenvalue weighted by molar-refractivity contribution is 6.06. The first kappa shape index (κ1) is 19.5. The van der Waals surface area contributed by atoms with Crippen LogP contribution in [0.5, 0.6) is 0 Å². The molecule has 1 amide bonds. The van der Waals surface area contributed by atoms with Crippen LogP contribution in [0.1, 0.15) is 48.2 Å². The number of carbonyl (C=O) groups is 1. The molecule has 2 heterocycles. The van der Waals surface area contributed by atoms with Gasteiger partial charge < -0.3 is 20.0 Å². The predicted molar refractivity (Wildman–Crippen MR) is 98.1 cm³/mol. The quantitative estimate of drug-likeness (QED) is 0.857. The van der Waals surface area contributed by atoms with E-state index in [-0.39, 0.29) is 46.6 Å². The maximum atomic E-state index is 12.8. The van der Waals surface area contributed by atoms with E-state index in [0.29, 0.717) is 18.2 Å². The van der Waals surface area contributed by atoms with Crippen LogP contribution in [0, 0.1) is 12.8 Å². The number of furan rings is 1. The van der Waals surface area contributed by atoms with Crippen LogP contribution in [0.25, 0.3) is 11.1 Å². The van der Waals surface area contributed by atoms with Gasteiger partial charge in [-0.3, -0.25) is 9.59 Å². The van der Waals surface area contributed by atoms with Crippen LogP contribution in [0.2, 0.25) is 0 Å². The summed E-state index contributed by atoms with van der Waals surface area (Å²) >= 11 is 0. The molecule has 1 atom stereocenters. The Hall–Kier alpha value is -1.86. The Balaban J connectivity index is 0.00000225. The third-order valence-corrected chi connectivity index (χ3v) is 4.96. The number of hydrogen-bond acceptors (Lipinski definition) is 5. The van der Waals surface area contributed by atoms with Crippen molar-refractivity contribution in [2.45, 2.75) is 45.1 Å². The topological polar surface area (TPSA) is 103 Å². The van der Waals surface area contributed by atoms with E-state index >= 15 is 0 Å². The van der Waals surface area contributed by atoms with Gasteiger partial charge in [0.05, 0.1) is 5.56 Å². The maximum absolute atomic E-state index is 12.8. The van der Waals surface area contributed by atoms with Gasteiger partial charge in [0.15, 0.2) is 0 Å². The average Bonchev–Trinajstić information content (AvgIpc) is 2.93. The molecule has 0 bridgehead atoms. The number of aryl methyl sites for hydroxylation is 2. The Morgan fingerprint density at radius 2 is 2.12 bits per heavy atom. The van der Waals surface area contributed by atoms with Crippen LogP contribution in [-0.2, 0) is 7.05 Å². The first-order valence-corrected chi connectivity index (χ1v) is 8.48. The van der Waals surface area contributed by atoms with Crippen molar-refractivity contribution in [1.29, 1.82) is 0 Å². The van der Waals surface area contributed by atoms with Gasteiger partial charge in [-0.2, -0.15) is 0 Å². The average molecular weight is 369 g/mol. The van der Waals surface area contributed by atoms with E-state index in [1.165, 1.54) is 30.2 Å². The Morgan fingerprint density at radius 1 is 1.44 bits per heavy atom. The zero-order valence-electron chi connectivity index (χ0n) is 14.6. The highest BCUT2D eigenvalue weighted by Gasteiger charge is 2.28. The van der Waals surface area contributed by atoms with Crippen molar-refractivity contribution in [2.24, 2.45) is 18.7 Å². The van der Waals surface area contributed by atoms with Gasteiger partial charge >= 0.3 is 0 Å². The predicted octanol–water partition coefficient (Wildman–Crippen LogP) is 1.89. The molecule has 8 heteroatoms. The minimum absolute atomic E-state index is 0. The molecular weight excluding hydrogens is 344 g/mol. The monoisotopic (exact) mass is 368 g/mol. The Labute approximate surface area is 152 Å². The van der Waals surface area contributed by atoms with Crippen LogP contribution in [0.15, 0.2) is 15.5 Å². The number of hydrogen-bond donors (Lipinski definition) is 2. The van der Waals surface area contributed by atoms with Crippen molar-refractivity contribution in [2.75, 3.05) is 6.54 Å². The molecule has 0 aliphatic heterocycles. The molecule has 1 aliphatic rings. The summed E-state index contributed by atoms with van der Waals surface area (Å²) in [5.74, 6) is 0.488. The lowest BCUT2D eigenvalue weighted by Crippen LogP contribution is -2.46. The molecule has 1 fully saturated rings. The standard InChI is InChI=1S/C17H24N4O3.ClH/c1-10-13(14-16(24-10)19-9-21(2)17(14)23)15(22)20-12(8-18)11-6-4-3-5-7-11;/h9,11-12H,3-8,18H2,1-2H3,(H,20,22);1H. The molecule has 3 rings (SSSR count). The molecule has 0 radical (unpaired) electrons. The van der Waals surface area contributed by atoms with Gasteiger partial charge in [-0.25, -0.2) is 4.98 Å². The van der Waals surface area contributed by atoms with E-state index in [0.717, 1.165) is 12.8 Å². The third kappa shape index (κ3) is 3.72. The van der Waals surface area contributed by atoms with Crippen LogP contribution >= 0.6 is 12.4 Å². The fourth-order valence-corrected chi connectivity index (χ4v) is 3.61. The van der Waals surface area contributed by atoms with Crippen molar-refractivity contribution in [3.63, 3.8) is 0 Å². The molecule has 0 spiro atoms. The fourth-order valence-electron chi connectivity index (χ4n) is 3.61. The maximum Gasteiger partial charge on any atom is 0.265 e. The van der Waals surface area contributed by atoms with Crippen LogP contribution in [0.4, 0.5) is 0 Å². The zero-order valence-corrected chi connectivity index (χ0v) is 15.4. The van der Waals surface area contributed by atoms with Crippen molar-refractivity contribution < 1.29 is 9.21 Å². The molecule has 1 saturated carbocycles. The molecule has 138 valence electrons. The number of aromatic nitrogens is 2. The summed E-state index contributed by atoms with van der Waals surface area (Å²) in [7, 11) is 1.60. The summed E-state index contributed by atoms with van der Waals surface area (Å²) in [6, 6.07) is -0.0809. The number of carbonyl (C=O) groups excluding carboxylic acids is 1. The van der Waals surface area contributed by atoms with E-state index < -0.39 is 0 Å². The van der Waals surface area contributed by atoms with E-state index in [2.05, 4.69) is 10.3 Å². The molecule has 2 aromatic rings. The molecule has 2 aromatic heterocycles. The Morgan fingerprint density at radius 3 is 2.76 bits per heavy atom. The minimum Gasteiger partial charge on any atom is -0.442 e. The first-order chi connectivity index (χ1) is 11.5.